The van der Waals surface area contributed by atoms with Gasteiger partial charge in [0.05, 0.1) is 0 Å². The zero-order valence-electron chi connectivity index (χ0n) is 11.8. The number of nitrogens with one attached hydrogen (secondary N) is 1. The van der Waals surface area contributed by atoms with E-state index in [0.717, 1.165) is 5.56 Å². The molecule has 0 unspecified atom stereocenters. The van der Waals surface area contributed by atoms with Crippen LogP contribution in [0.4, 0.5) is 10.1 Å². The van der Waals surface area contributed by atoms with Crippen molar-refractivity contribution in [2.45, 2.75) is 0 Å². The van der Waals surface area contributed by atoms with Crippen molar-refractivity contribution in [2.24, 2.45) is 7.05 Å². The average molecular weight is 296 g/mol. The second kappa shape index (κ2) is 5.77. The molecule has 0 aliphatic carbocycles. The van der Waals surface area contributed by atoms with Crippen LogP contribution < -0.4 is 5.32 Å². The molecule has 6 heteroatoms. The molecule has 110 valence electrons. The van der Waals surface area contributed by atoms with Gasteiger partial charge < -0.3 is 5.32 Å². The zero-order valence-corrected chi connectivity index (χ0v) is 11.8. The fourth-order valence-corrected chi connectivity index (χ4v) is 2.12. The molecule has 0 spiro atoms. The predicted octanol–water partition coefficient (Wildman–Crippen LogP) is 2.87. The molecule has 0 atom stereocenters. The van der Waals surface area contributed by atoms with Gasteiger partial charge in [-0.05, 0) is 42.0 Å². The van der Waals surface area contributed by atoms with Crippen LogP contribution in [0.25, 0.3) is 11.1 Å². The third-order valence-corrected chi connectivity index (χ3v) is 3.14. The van der Waals surface area contributed by atoms with Crippen LogP contribution >= 0.6 is 0 Å². The molecule has 1 aromatic carbocycles. The molecule has 3 rings (SSSR count). The highest BCUT2D eigenvalue weighted by atomic mass is 19.1. The van der Waals surface area contributed by atoms with Crippen LogP contribution in [0.15, 0.2) is 55.0 Å². The number of aryl methyl sites for hydroxylation is 1. The van der Waals surface area contributed by atoms with Crippen molar-refractivity contribution in [2.75, 3.05) is 5.32 Å². The summed E-state index contributed by atoms with van der Waals surface area (Å²) in [5, 5.41) is 6.92. The standard InChI is InChI=1S/C16H13FN4O/c1-21-10-14(11-6-8-18-9-7-11)15(20-21)16(22)19-13-4-2-12(17)3-5-13/h2-10H,1H3,(H,19,22). The lowest BCUT2D eigenvalue weighted by Crippen LogP contribution is -2.14. The van der Waals surface area contributed by atoms with E-state index in [1.807, 2.05) is 12.1 Å². The number of anilines is 1. The first-order valence-corrected chi connectivity index (χ1v) is 6.64. The molecule has 3 aromatic rings. The molecule has 2 heterocycles. The molecular weight excluding hydrogens is 283 g/mol. The fraction of sp³-hybridized carbons (Fsp3) is 0.0625. The van der Waals surface area contributed by atoms with Gasteiger partial charge in [-0.2, -0.15) is 5.10 Å². The van der Waals surface area contributed by atoms with E-state index in [1.165, 1.54) is 24.3 Å². The Labute approximate surface area is 126 Å². The predicted molar refractivity (Wildman–Crippen MR) is 80.8 cm³/mol. The van der Waals surface area contributed by atoms with Crippen LogP contribution in [-0.4, -0.2) is 20.7 Å². The normalized spacial score (nSPS) is 10.5. The number of nitrogens with zero attached hydrogens (tertiary/aromatic N) is 3. The van der Waals surface area contributed by atoms with Crippen molar-refractivity contribution in [3.63, 3.8) is 0 Å². The first-order chi connectivity index (χ1) is 10.6. The van der Waals surface area contributed by atoms with Gasteiger partial charge in [-0.1, -0.05) is 0 Å². The van der Waals surface area contributed by atoms with Crippen molar-refractivity contribution in [3.05, 3.63) is 66.5 Å². The summed E-state index contributed by atoms with van der Waals surface area (Å²) < 4.78 is 14.5. The Balaban J connectivity index is 1.91. The van der Waals surface area contributed by atoms with Gasteiger partial charge in [0.2, 0.25) is 0 Å². The largest absolute Gasteiger partial charge is 0.321 e. The van der Waals surface area contributed by atoms with Crippen molar-refractivity contribution < 1.29 is 9.18 Å². The number of benzene rings is 1. The summed E-state index contributed by atoms with van der Waals surface area (Å²) in [5.41, 5.74) is 2.38. The third kappa shape index (κ3) is 2.85. The Morgan fingerprint density at radius 3 is 2.50 bits per heavy atom. The van der Waals surface area contributed by atoms with E-state index >= 15 is 0 Å². The minimum atomic E-state index is -0.353. The number of hydrogen-bond donors (Lipinski definition) is 1. The molecule has 22 heavy (non-hydrogen) atoms. The van der Waals surface area contributed by atoms with Gasteiger partial charge in [0.1, 0.15) is 5.82 Å². The van der Waals surface area contributed by atoms with Crippen LogP contribution in [0.1, 0.15) is 10.5 Å². The molecule has 0 saturated heterocycles. The molecule has 0 saturated carbocycles. The van der Waals surface area contributed by atoms with Crippen molar-refractivity contribution in [1.29, 1.82) is 0 Å². The van der Waals surface area contributed by atoms with E-state index in [1.54, 1.807) is 30.3 Å². The van der Waals surface area contributed by atoms with Crippen LogP contribution in [0, 0.1) is 5.82 Å². The van der Waals surface area contributed by atoms with Gasteiger partial charge in [-0.15, -0.1) is 0 Å². The van der Waals surface area contributed by atoms with E-state index in [-0.39, 0.29) is 11.7 Å². The van der Waals surface area contributed by atoms with Crippen molar-refractivity contribution >= 4 is 11.6 Å². The van der Waals surface area contributed by atoms with Gasteiger partial charge in [0.15, 0.2) is 5.69 Å². The Kier molecular flexibility index (Phi) is 3.65. The van der Waals surface area contributed by atoms with Gasteiger partial charge in [0, 0.05) is 36.9 Å². The smallest absolute Gasteiger partial charge is 0.276 e. The lowest BCUT2D eigenvalue weighted by atomic mass is 10.1. The summed E-state index contributed by atoms with van der Waals surface area (Å²) in [5.74, 6) is -0.702. The lowest BCUT2D eigenvalue weighted by molar-refractivity contribution is 0.102. The Bertz CT molecular complexity index is 797. The average Bonchev–Trinajstić information content (AvgIpc) is 2.92. The molecule has 0 aliphatic heterocycles. The number of halogens is 1. The van der Waals surface area contributed by atoms with Gasteiger partial charge in [-0.3, -0.25) is 14.5 Å². The quantitative estimate of drug-likeness (QED) is 0.808. The Morgan fingerprint density at radius 1 is 1.14 bits per heavy atom. The maximum atomic E-state index is 12.9. The summed E-state index contributed by atoms with van der Waals surface area (Å²) in [6.07, 6.45) is 5.09. The number of rotatable bonds is 3. The monoisotopic (exact) mass is 296 g/mol. The van der Waals surface area contributed by atoms with Crippen LogP contribution in [0.5, 0.6) is 0 Å². The van der Waals surface area contributed by atoms with E-state index in [0.29, 0.717) is 16.9 Å². The van der Waals surface area contributed by atoms with Crippen LogP contribution in [-0.2, 0) is 7.05 Å². The summed E-state index contributed by atoms with van der Waals surface area (Å²) in [4.78, 5) is 16.4. The molecule has 5 nitrogen and oxygen atoms in total. The minimum Gasteiger partial charge on any atom is -0.321 e. The number of hydrogen-bond acceptors (Lipinski definition) is 3. The number of amides is 1. The molecule has 2 aromatic heterocycles. The molecule has 0 fully saturated rings. The maximum Gasteiger partial charge on any atom is 0.276 e. The lowest BCUT2D eigenvalue weighted by Gasteiger charge is -2.05. The van der Waals surface area contributed by atoms with Gasteiger partial charge >= 0.3 is 0 Å². The van der Waals surface area contributed by atoms with E-state index in [4.69, 9.17) is 0 Å². The number of carbonyl (C=O) groups excluding carboxylic acids is 1. The Morgan fingerprint density at radius 2 is 1.82 bits per heavy atom. The number of aromatic nitrogens is 3. The molecule has 0 bridgehead atoms. The zero-order chi connectivity index (χ0) is 15.5. The van der Waals surface area contributed by atoms with Gasteiger partial charge in [0.25, 0.3) is 5.91 Å². The van der Waals surface area contributed by atoms with E-state index in [9.17, 15) is 9.18 Å². The highest BCUT2D eigenvalue weighted by Gasteiger charge is 2.17. The number of pyridine rings is 1. The second-order valence-corrected chi connectivity index (χ2v) is 4.76. The van der Waals surface area contributed by atoms with E-state index in [2.05, 4.69) is 15.4 Å². The van der Waals surface area contributed by atoms with Crippen LogP contribution in [0.2, 0.25) is 0 Å². The molecule has 0 radical (unpaired) electrons. The maximum absolute atomic E-state index is 12.9. The first-order valence-electron chi connectivity index (χ1n) is 6.64. The molecule has 0 aliphatic rings. The number of carbonyl (C=O) groups is 1. The third-order valence-electron chi connectivity index (χ3n) is 3.14. The highest BCUT2D eigenvalue weighted by molar-refractivity contribution is 6.07. The summed E-state index contributed by atoms with van der Waals surface area (Å²) >= 11 is 0. The fourth-order valence-electron chi connectivity index (χ4n) is 2.12. The first kappa shape index (κ1) is 13.9. The summed E-state index contributed by atoms with van der Waals surface area (Å²) in [6.45, 7) is 0. The van der Waals surface area contributed by atoms with Crippen molar-refractivity contribution in [1.82, 2.24) is 14.8 Å². The van der Waals surface area contributed by atoms with Gasteiger partial charge in [-0.25, -0.2) is 4.39 Å². The van der Waals surface area contributed by atoms with E-state index < -0.39 is 0 Å². The topological polar surface area (TPSA) is 59.8 Å². The Hall–Kier alpha value is -3.02. The summed E-state index contributed by atoms with van der Waals surface area (Å²) in [6, 6.07) is 9.21. The van der Waals surface area contributed by atoms with Crippen LogP contribution in [0.3, 0.4) is 0 Å². The summed E-state index contributed by atoms with van der Waals surface area (Å²) in [7, 11) is 1.75. The highest BCUT2D eigenvalue weighted by Crippen LogP contribution is 2.23. The minimum absolute atomic E-state index is 0.304. The SMILES string of the molecule is Cn1cc(-c2ccncc2)c(C(=O)Nc2ccc(F)cc2)n1. The molecule has 1 N–H and O–H groups in total. The van der Waals surface area contributed by atoms with Crippen molar-refractivity contribution in [3.8, 4) is 11.1 Å². The second-order valence-electron chi connectivity index (χ2n) is 4.76. The molecule has 1 amide bonds. The molecular formula is C16H13FN4O.